The van der Waals surface area contributed by atoms with Crippen molar-refractivity contribution in [2.45, 2.75) is 56.8 Å². The fraction of sp³-hybridized carbons (Fsp3) is 0.769. The third-order valence-electron chi connectivity index (χ3n) is 3.87. The van der Waals surface area contributed by atoms with Gasteiger partial charge >= 0.3 is 0 Å². The van der Waals surface area contributed by atoms with Gasteiger partial charge in [-0.05, 0) is 12.8 Å². The summed E-state index contributed by atoms with van der Waals surface area (Å²) in [7, 11) is 0. The predicted octanol–water partition coefficient (Wildman–Crippen LogP) is 3.67. The normalized spacial score (nSPS) is 22.3. The van der Waals surface area contributed by atoms with Crippen molar-refractivity contribution in [3.05, 3.63) is 16.1 Å². The van der Waals surface area contributed by atoms with E-state index in [1.165, 1.54) is 0 Å². The maximum atomic E-state index is 13.3. The summed E-state index contributed by atoms with van der Waals surface area (Å²) in [5.41, 5.74) is 5.61. The highest BCUT2D eigenvalue weighted by molar-refractivity contribution is 7.11. The third kappa shape index (κ3) is 2.57. The summed E-state index contributed by atoms with van der Waals surface area (Å²) in [6.07, 6.45) is 2.67. The minimum atomic E-state index is -2.51. The molecule has 1 aromatic rings. The number of nitrogens with zero attached hydrogens (tertiary/aromatic N) is 1. The van der Waals surface area contributed by atoms with Crippen molar-refractivity contribution >= 4 is 11.3 Å². The molecule has 0 atom stereocenters. The molecule has 0 bridgehead atoms. The summed E-state index contributed by atoms with van der Waals surface area (Å²) in [5.74, 6) is -2.13. The second-order valence-corrected chi connectivity index (χ2v) is 6.62. The summed E-state index contributed by atoms with van der Waals surface area (Å²) >= 11 is 1.64. The first kappa shape index (κ1) is 13.9. The molecule has 1 aliphatic carbocycles. The Morgan fingerprint density at radius 1 is 1.33 bits per heavy atom. The lowest BCUT2D eigenvalue weighted by Gasteiger charge is -2.38. The molecule has 5 heteroatoms. The van der Waals surface area contributed by atoms with Crippen LogP contribution < -0.4 is 5.73 Å². The van der Waals surface area contributed by atoms with Crippen molar-refractivity contribution in [3.8, 4) is 0 Å². The highest BCUT2D eigenvalue weighted by atomic mass is 32.1. The van der Waals surface area contributed by atoms with E-state index in [2.05, 4.69) is 18.8 Å². The van der Waals surface area contributed by atoms with Gasteiger partial charge in [-0.25, -0.2) is 13.8 Å². The van der Waals surface area contributed by atoms with E-state index in [9.17, 15) is 8.78 Å². The highest BCUT2D eigenvalue weighted by Gasteiger charge is 2.44. The molecule has 2 N–H and O–H groups in total. The van der Waals surface area contributed by atoms with Crippen LogP contribution in [0, 0.1) is 0 Å². The number of alkyl halides is 2. The third-order valence-corrected chi connectivity index (χ3v) is 5.41. The first-order chi connectivity index (χ1) is 8.38. The van der Waals surface area contributed by atoms with Crippen LogP contribution in [-0.2, 0) is 5.41 Å². The Kier molecular flexibility index (Phi) is 3.74. The Balaban J connectivity index is 2.22. The van der Waals surface area contributed by atoms with Crippen molar-refractivity contribution in [2.24, 2.45) is 5.73 Å². The molecule has 0 aliphatic heterocycles. The van der Waals surface area contributed by atoms with E-state index in [4.69, 9.17) is 5.73 Å². The maximum Gasteiger partial charge on any atom is 0.248 e. The number of thiazole rings is 1. The molecule has 2 nitrogen and oxygen atoms in total. The van der Waals surface area contributed by atoms with Gasteiger partial charge in [0.05, 0.1) is 5.01 Å². The molecular weight excluding hydrogens is 254 g/mol. The molecule has 0 spiro atoms. The molecule has 0 aromatic carbocycles. The molecule has 1 fully saturated rings. The Labute approximate surface area is 111 Å². The number of hydrogen-bond donors (Lipinski definition) is 1. The van der Waals surface area contributed by atoms with Crippen molar-refractivity contribution in [3.63, 3.8) is 0 Å². The van der Waals surface area contributed by atoms with Gasteiger partial charge in [0.25, 0.3) is 0 Å². The van der Waals surface area contributed by atoms with Gasteiger partial charge in [0, 0.05) is 41.8 Å². The van der Waals surface area contributed by atoms with Crippen LogP contribution in [0.1, 0.15) is 55.3 Å². The molecule has 0 saturated heterocycles. The fourth-order valence-corrected chi connectivity index (χ4v) is 3.62. The molecule has 1 aliphatic rings. The number of halogens is 2. The number of aromatic nitrogens is 1. The topological polar surface area (TPSA) is 38.9 Å². The molecule has 102 valence electrons. The molecule has 0 unspecified atom stereocenters. The SMILES string of the molecule is CC(C)c1ncc(C2(CN)CCC(F)(F)CC2)s1. The van der Waals surface area contributed by atoms with E-state index in [0.29, 0.717) is 25.3 Å². The zero-order valence-corrected chi connectivity index (χ0v) is 11.7. The van der Waals surface area contributed by atoms with E-state index in [0.717, 1.165) is 9.88 Å². The molecule has 0 amide bonds. The van der Waals surface area contributed by atoms with Gasteiger partial charge in [-0.1, -0.05) is 13.8 Å². The molecule has 0 radical (unpaired) electrons. The Bertz CT molecular complexity index is 405. The lowest BCUT2D eigenvalue weighted by molar-refractivity contribution is -0.0505. The van der Waals surface area contributed by atoms with Crippen LogP contribution in [0.15, 0.2) is 6.20 Å². The van der Waals surface area contributed by atoms with Crippen LogP contribution in [0.3, 0.4) is 0 Å². The summed E-state index contributed by atoms with van der Waals surface area (Å²) in [6, 6.07) is 0. The maximum absolute atomic E-state index is 13.3. The lowest BCUT2D eigenvalue weighted by Crippen LogP contribution is -2.41. The van der Waals surface area contributed by atoms with Crippen LogP contribution in [0.4, 0.5) is 8.78 Å². The lowest BCUT2D eigenvalue weighted by atomic mass is 9.72. The summed E-state index contributed by atoms with van der Waals surface area (Å²) < 4.78 is 26.6. The Morgan fingerprint density at radius 2 is 1.94 bits per heavy atom. The second-order valence-electron chi connectivity index (χ2n) is 5.56. The summed E-state index contributed by atoms with van der Waals surface area (Å²) in [6.45, 7) is 4.61. The van der Waals surface area contributed by atoms with Crippen LogP contribution in [-0.4, -0.2) is 17.5 Å². The Hall–Kier alpha value is -0.550. The standard InChI is InChI=1S/C13H20F2N2S/c1-9(2)11-17-7-10(18-11)12(8-16)3-5-13(14,15)6-4-12/h7,9H,3-6,8,16H2,1-2H3. The monoisotopic (exact) mass is 274 g/mol. The molecule has 1 saturated carbocycles. The van der Waals surface area contributed by atoms with Gasteiger partial charge in [-0.3, -0.25) is 0 Å². The van der Waals surface area contributed by atoms with Gasteiger partial charge in [0.2, 0.25) is 5.92 Å². The van der Waals surface area contributed by atoms with Gasteiger partial charge in [0.15, 0.2) is 0 Å². The molecule has 1 aromatic heterocycles. The summed E-state index contributed by atoms with van der Waals surface area (Å²) in [4.78, 5) is 5.48. The zero-order chi connectivity index (χ0) is 13.4. The van der Waals surface area contributed by atoms with Gasteiger partial charge in [-0.15, -0.1) is 11.3 Å². The van der Waals surface area contributed by atoms with Crippen molar-refractivity contribution in [1.29, 1.82) is 0 Å². The number of hydrogen-bond acceptors (Lipinski definition) is 3. The largest absolute Gasteiger partial charge is 0.330 e. The smallest absolute Gasteiger partial charge is 0.248 e. The second kappa shape index (κ2) is 4.85. The van der Waals surface area contributed by atoms with Crippen LogP contribution in [0.5, 0.6) is 0 Å². The van der Waals surface area contributed by atoms with Gasteiger partial charge < -0.3 is 5.73 Å². The molecule has 18 heavy (non-hydrogen) atoms. The van der Waals surface area contributed by atoms with E-state index in [1.807, 2.05) is 6.20 Å². The highest BCUT2D eigenvalue weighted by Crippen LogP contribution is 2.46. The van der Waals surface area contributed by atoms with Crippen molar-refractivity contribution < 1.29 is 8.78 Å². The fourth-order valence-electron chi connectivity index (χ4n) is 2.45. The van der Waals surface area contributed by atoms with Gasteiger partial charge in [0.1, 0.15) is 0 Å². The molecule has 2 rings (SSSR count). The number of nitrogens with two attached hydrogens (primary N) is 1. The van der Waals surface area contributed by atoms with E-state index in [-0.39, 0.29) is 18.3 Å². The Morgan fingerprint density at radius 3 is 2.39 bits per heavy atom. The first-order valence-corrected chi connectivity index (χ1v) is 7.24. The van der Waals surface area contributed by atoms with E-state index >= 15 is 0 Å². The molecule has 1 heterocycles. The van der Waals surface area contributed by atoms with Gasteiger partial charge in [-0.2, -0.15) is 0 Å². The number of rotatable bonds is 3. The summed E-state index contributed by atoms with van der Waals surface area (Å²) in [5, 5.41) is 1.06. The minimum Gasteiger partial charge on any atom is -0.330 e. The first-order valence-electron chi connectivity index (χ1n) is 6.43. The average Bonchev–Trinajstić information content (AvgIpc) is 2.80. The van der Waals surface area contributed by atoms with Crippen LogP contribution in [0.25, 0.3) is 0 Å². The van der Waals surface area contributed by atoms with Crippen molar-refractivity contribution in [2.75, 3.05) is 6.54 Å². The zero-order valence-electron chi connectivity index (χ0n) is 10.9. The quantitative estimate of drug-likeness (QED) is 0.913. The minimum absolute atomic E-state index is 0.0564. The van der Waals surface area contributed by atoms with Crippen molar-refractivity contribution in [1.82, 2.24) is 4.98 Å². The predicted molar refractivity (Wildman–Crippen MR) is 70.4 cm³/mol. The average molecular weight is 274 g/mol. The van der Waals surface area contributed by atoms with E-state index in [1.54, 1.807) is 11.3 Å². The molecular formula is C13H20F2N2S. The van der Waals surface area contributed by atoms with E-state index < -0.39 is 5.92 Å². The van der Waals surface area contributed by atoms with Crippen LogP contribution >= 0.6 is 11.3 Å². The van der Waals surface area contributed by atoms with Crippen LogP contribution in [0.2, 0.25) is 0 Å².